The number of piperidine rings is 1. The Hall–Kier alpha value is -3.31. The highest BCUT2D eigenvalue weighted by atomic mass is 16.5. The van der Waals surface area contributed by atoms with E-state index in [1.165, 1.54) is 27.9 Å². The van der Waals surface area contributed by atoms with Crippen LogP contribution in [0.5, 0.6) is 5.75 Å². The van der Waals surface area contributed by atoms with Gasteiger partial charge in [0.2, 0.25) is 0 Å². The number of fused-ring (bicyclic) bond motifs is 1. The van der Waals surface area contributed by atoms with E-state index in [-0.39, 0.29) is 12.0 Å². The second-order valence-corrected chi connectivity index (χ2v) is 11.4. The third-order valence-corrected chi connectivity index (χ3v) is 9.08. The number of hydrogen-bond donors (Lipinski definition) is 1. The molecule has 3 aliphatic rings. The summed E-state index contributed by atoms with van der Waals surface area (Å²) in [4.78, 5) is 14.7. The Balaban J connectivity index is 1.14. The van der Waals surface area contributed by atoms with E-state index in [0.29, 0.717) is 24.4 Å². The molecular weight excluding hydrogens is 484 g/mol. The summed E-state index contributed by atoms with van der Waals surface area (Å²) >= 11 is 0. The van der Waals surface area contributed by atoms with Gasteiger partial charge in [-0.15, -0.1) is 0 Å². The molecule has 2 unspecified atom stereocenters. The van der Waals surface area contributed by atoms with Gasteiger partial charge in [-0.1, -0.05) is 48.5 Å². The van der Waals surface area contributed by atoms with Gasteiger partial charge in [0.05, 0.1) is 13.7 Å². The molecule has 0 radical (unpaired) electrons. The van der Waals surface area contributed by atoms with Crippen LogP contribution < -0.4 is 15.0 Å². The minimum Gasteiger partial charge on any atom is -0.497 e. The maximum absolute atomic E-state index is 12.3. The number of esters is 1. The standard InChI is InChI=1S/C34H40N2O3/c1-38-29-14-16-31-27(22-29)11-15-30(25-6-3-2-4-7-25)33(31)26-9-12-28(13-10-26)36-20-17-24(18-21-36)23-39-34(37)32-8-5-19-35-32/h2-4,6-7,9-10,12-14,16,22,24,30,32-33,35H,5,8,11,15,17-21,23H2,1H3/t30?,32-,33?/m1/s1. The van der Waals surface area contributed by atoms with Gasteiger partial charge in [0.1, 0.15) is 11.8 Å². The third kappa shape index (κ3) is 5.69. The average molecular weight is 525 g/mol. The molecule has 5 nitrogen and oxygen atoms in total. The molecule has 1 N–H and O–H groups in total. The zero-order chi connectivity index (χ0) is 26.6. The Morgan fingerprint density at radius 3 is 2.44 bits per heavy atom. The zero-order valence-electron chi connectivity index (χ0n) is 23.0. The number of nitrogens with zero attached hydrogens (tertiary/aromatic N) is 1. The van der Waals surface area contributed by atoms with Crippen LogP contribution in [0.1, 0.15) is 66.2 Å². The van der Waals surface area contributed by atoms with E-state index in [9.17, 15) is 4.79 Å². The molecule has 3 aromatic rings. The van der Waals surface area contributed by atoms with E-state index >= 15 is 0 Å². The van der Waals surface area contributed by atoms with Crippen molar-refractivity contribution in [2.24, 2.45) is 5.92 Å². The summed E-state index contributed by atoms with van der Waals surface area (Å²) in [6.07, 6.45) is 6.28. The van der Waals surface area contributed by atoms with Crippen LogP contribution in [0.4, 0.5) is 5.69 Å². The van der Waals surface area contributed by atoms with Crippen LogP contribution in [-0.2, 0) is 16.0 Å². The summed E-state index contributed by atoms with van der Waals surface area (Å²) in [7, 11) is 1.75. The topological polar surface area (TPSA) is 50.8 Å². The lowest BCUT2D eigenvalue weighted by Gasteiger charge is -2.36. The van der Waals surface area contributed by atoms with Crippen LogP contribution in [0, 0.1) is 5.92 Å². The van der Waals surface area contributed by atoms with E-state index in [1.807, 2.05) is 0 Å². The van der Waals surface area contributed by atoms with Crippen LogP contribution in [-0.4, -0.2) is 45.4 Å². The average Bonchev–Trinajstić information content (AvgIpc) is 3.55. The normalized spacial score (nSPS) is 23.3. The highest BCUT2D eigenvalue weighted by Gasteiger charge is 2.32. The minimum atomic E-state index is -0.0942. The fourth-order valence-corrected chi connectivity index (χ4v) is 6.83. The summed E-state index contributed by atoms with van der Waals surface area (Å²) in [5.41, 5.74) is 6.90. The van der Waals surface area contributed by atoms with E-state index in [4.69, 9.17) is 9.47 Å². The SMILES string of the molecule is COc1ccc2c(c1)CCC(c1ccccc1)C2c1ccc(N2CCC(COC(=O)[C@H]3CCCN3)CC2)cc1. The highest BCUT2D eigenvalue weighted by molar-refractivity contribution is 5.76. The number of aryl methyl sites for hydroxylation is 1. The Labute approximate surface area is 232 Å². The fraction of sp³-hybridized carbons (Fsp3) is 0.441. The van der Waals surface area contributed by atoms with Crippen molar-refractivity contribution in [2.45, 2.75) is 56.4 Å². The Kier molecular flexibility index (Phi) is 7.87. The molecule has 2 aliphatic heterocycles. The number of nitrogens with one attached hydrogen (secondary N) is 1. The van der Waals surface area contributed by atoms with E-state index < -0.39 is 0 Å². The van der Waals surface area contributed by atoms with Gasteiger partial charge in [-0.3, -0.25) is 4.79 Å². The van der Waals surface area contributed by atoms with Crippen LogP contribution in [0.25, 0.3) is 0 Å². The molecule has 5 heteroatoms. The van der Waals surface area contributed by atoms with Gasteiger partial charge < -0.3 is 19.7 Å². The van der Waals surface area contributed by atoms with E-state index in [0.717, 1.165) is 63.9 Å². The molecule has 6 rings (SSSR count). The first-order chi connectivity index (χ1) is 19.2. The van der Waals surface area contributed by atoms with Crippen molar-refractivity contribution in [3.8, 4) is 5.75 Å². The van der Waals surface area contributed by atoms with Crippen molar-refractivity contribution in [3.05, 3.63) is 95.1 Å². The summed E-state index contributed by atoms with van der Waals surface area (Å²) in [5.74, 6) is 2.10. The lowest BCUT2D eigenvalue weighted by molar-refractivity contribution is -0.147. The number of carbonyl (C=O) groups excluding carboxylic acids is 1. The smallest absolute Gasteiger partial charge is 0.323 e. The second-order valence-electron chi connectivity index (χ2n) is 11.4. The largest absolute Gasteiger partial charge is 0.497 e. The summed E-state index contributed by atoms with van der Waals surface area (Å²) in [5, 5.41) is 3.23. The van der Waals surface area contributed by atoms with Crippen LogP contribution in [0.3, 0.4) is 0 Å². The molecule has 2 fully saturated rings. The molecular formula is C34H40N2O3. The van der Waals surface area contributed by atoms with Crippen molar-refractivity contribution in [3.63, 3.8) is 0 Å². The molecule has 2 heterocycles. The summed E-state index contributed by atoms with van der Waals surface area (Å²) in [6.45, 7) is 3.48. The number of carbonyl (C=O) groups is 1. The molecule has 204 valence electrons. The highest BCUT2D eigenvalue weighted by Crippen LogP contribution is 2.47. The monoisotopic (exact) mass is 524 g/mol. The first-order valence-corrected chi connectivity index (χ1v) is 14.7. The van der Waals surface area contributed by atoms with Crippen molar-refractivity contribution in [1.29, 1.82) is 0 Å². The lowest BCUT2D eigenvalue weighted by atomic mass is 9.69. The lowest BCUT2D eigenvalue weighted by Crippen LogP contribution is -2.37. The molecule has 3 atom stereocenters. The zero-order valence-corrected chi connectivity index (χ0v) is 23.0. The van der Waals surface area contributed by atoms with Gasteiger partial charge in [-0.25, -0.2) is 0 Å². The quantitative estimate of drug-likeness (QED) is 0.380. The van der Waals surface area contributed by atoms with Gasteiger partial charge in [0.25, 0.3) is 0 Å². The Morgan fingerprint density at radius 2 is 1.72 bits per heavy atom. The molecule has 0 aromatic heterocycles. The minimum absolute atomic E-state index is 0.0675. The second kappa shape index (κ2) is 11.8. The van der Waals surface area contributed by atoms with Gasteiger partial charge in [-0.2, -0.15) is 0 Å². The maximum Gasteiger partial charge on any atom is 0.323 e. The predicted octanol–water partition coefficient (Wildman–Crippen LogP) is 6.07. The van der Waals surface area contributed by atoms with Crippen LogP contribution in [0.15, 0.2) is 72.8 Å². The number of methoxy groups -OCH3 is 1. The first-order valence-electron chi connectivity index (χ1n) is 14.7. The van der Waals surface area contributed by atoms with Crippen LogP contribution >= 0.6 is 0 Å². The number of ether oxygens (including phenoxy) is 2. The molecule has 0 amide bonds. The predicted molar refractivity (Wildman–Crippen MR) is 156 cm³/mol. The summed E-state index contributed by atoms with van der Waals surface area (Å²) in [6, 6.07) is 26.8. The van der Waals surface area contributed by atoms with Gasteiger partial charge in [0.15, 0.2) is 0 Å². The van der Waals surface area contributed by atoms with Crippen molar-refractivity contribution in [2.75, 3.05) is 38.3 Å². The summed E-state index contributed by atoms with van der Waals surface area (Å²) < 4.78 is 11.2. The molecule has 0 saturated carbocycles. The Morgan fingerprint density at radius 1 is 0.923 bits per heavy atom. The third-order valence-electron chi connectivity index (χ3n) is 9.08. The number of anilines is 1. The van der Waals surface area contributed by atoms with Crippen LogP contribution in [0.2, 0.25) is 0 Å². The van der Waals surface area contributed by atoms with Crippen molar-refractivity contribution >= 4 is 11.7 Å². The van der Waals surface area contributed by atoms with E-state index in [1.54, 1.807) is 7.11 Å². The van der Waals surface area contributed by atoms with Gasteiger partial charge >= 0.3 is 5.97 Å². The van der Waals surface area contributed by atoms with E-state index in [2.05, 4.69) is 83.0 Å². The molecule has 0 spiro atoms. The van der Waals surface area contributed by atoms with Gasteiger partial charge in [-0.05, 0) is 103 Å². The molecule has 39 heavy (non-hydrogen) atoms. The van der Waals surface area contributed by atoms with Gasteiger partial charge in [0, 0.05) is 24.7 Å². The van der Waals surface area contributed by atoms with Crippen molar-refractivity contribution in [1.82, 2.24) is 5.32 Å². The molecule has 0 bridgehead atoms. The molecule has 1 aliphatic carbocycles. The number of rotatable bonds is 7. The molecule has 2 saturated heterocycles. The van der Waals surface area contributed by atoms with Crippen molar-refractivity contribution < 1.29 is 14.3 Å². The Bertz CT molecular complexity index is 1250. The maximum atomic E-state index is 12.3. The number of hydrogen-bond acceptors (Lipinski definition) is 5. The fourth-order valence-electron chi connectivity index (χ4n) is 6.83. The first kappa shape index (κ1) is 25.9. The number of benzene rings is 3. The molecule has 3 aromatic carbocycles.